The lowest BCUT2D eigenvalue weighted by atomic mass is 10.1. The third-order valence-corrected chi connectivity index (χ3v) is 6.70. The first kappa shape index (κ1) is 15.7. The summed E-state index contributed by atoms with van der Waals surface area (Å²) in [7, 11) is 0. The molecule has 5 rings (SSSR count). The van der Waals surface area contributed by atoms with E-state index in [1.165, 1.54) is 43.3 Å². The van der Waals surface area contributed by atoms with Crippen molar-refractivity contribution in [2.75, 3.05) is 19.6 Å². The molecule has 0 N–H and O–H groups in total. The quantitative estimate of drug-likeness (QED) is 0.523. The standard InChI is InChI=1S/C19H19ClN4S/c20-14-6-7-15-16-17(13-5-4-8-21-19(13)25-18(14)16)22-24(15)12-11-23-9-2-1-3-10-23/h4-8H,1-3,9-12H2. The minimum atomic E-state index is 0.783. The lowest BCUT2D eigenvalue weighted by molar-refractivity contribution is 0.219. The molecule has 0 atom stereocenters. The molecule has 0 saturated carbocycles. The maximum atomic E-state index is 6.49. The minimum absolute atomic E-state index is 0.783. The summed E-state index contributed by atoms with van der Waals surface area (Å²) >= 11 is 8.14. The molecule has 25 heavy (non-hydrogen) atoms. The lowest BCUT2D eigenvalue weighted by Gasteiger charge is -2.26. The van der Waals surface area contributed by atoms with Crippen molar-refractivity contribution in [2.45, 2.75) is 35.7 Å². The summed E-state index contributed by atoms with van der Waals surface area (Å²) in [5, 5.41) is 7.92. The first-order valence-corrected chi connectivity index (χ1v) is 10.1. The Kier molecular flexibility index (Phi) is 3.95. The van der Waals surface area contributed by atoms with Gasteiger partial charge in [0, 0.05) is 28.6 Å². The fourth-order valence-corrected chi connectivity index (χ4v) is 5.17. The number of benzene rings is 1. The molecule has 0 bridgehead atoms. The highest BCUT2D eigenvalue weighted by Crippen LogP contribution is 2.49. The summed E-state index contributed by atoms with van der Waals surface area (Å²) in [5.41, 5.74) is 3.31. The zero-order valence-corrected chi connectivity index (χ0v) is 15.5. The van der Waals surface area contributed by atoms with E-state index in [0.717, 1.165) is 39.3 Å². The third-order valence-electron chi connectivity index (χ3n) is 5.12. The summed E-state index contributed by atoms with van der Waals surface area (Å²) < 4.78 is 2.15. The molecule has 1 aromatic carbocycles. The van der Waals surface area contributed by atoms with Gasteiger partial charge in [-0.1, -0.05) is 29.8 Å². The van der Waals surface area contributed by atoms with Crippen LogP contribution in [0.4, 0.5) is 0 Å². The molecule has 0 radical (unpaired) electrons. The van der Waals surface area contributed by atoms with Crippen LogP contribution in [0.25, 0.3) is 22.2 Å². The Labute approximate surface area is 156 Å². The van der Waals surface area contributed by atoms with E-state index in [2.05, 4.69) is 26.7 Å². The number of hydrogen-bond acceptors (Lipinski definition) is 4. The van der Waals surface area contributed by atoms with E-state index in [-0.39, 0.29) is 0 Å². The molecule has 2 aliphatic heterocycles. The summed E-state index contributed by atoms with van der Waals surface area (Å²) in [4.78, 5) is 8.16. The first-order valence-electron chi connectivity index (χ1n) is 8.86. The Hall–Kier alpha value is -1.56. The smallest absolute Gasteiger partial charge is 0.110 e. The Bertz CT molecular complexity index is 946. The van der Waals surface area contributed by atoms with Crippen LogP contribution in [0.15, 0.2) is 40.4 Å². The largest absolute Gasteiger partial charge is 0.301 e. The summed E-state index contributed by atoms with van der Waals surface area (Å²) in [6, 6.07) is 8.18. The maximum absolute atomic E-state index is 6.49. The van der Waals surface area contributed by atoms with Gasteiger partial charge >= 0.3 is 0 Å². The minimum Gasteiger partial charge on any atom is -0.301 e. The predicted molar refractivity (Wildman–Crippen MR) is 102 cm³/mol. The van der Waals surface area contributed by atoms with E-state index >= 15 is 0 Å². The van der Waals surface area contributed by atoms with Crippen LogP contribution in [-0.2, 0) is 6.54 Å². The third kappa shape index (κ3) is 2.65. The molecule has 4 heterocycles. The molecule has 4 nitrogen and oxygen atoms in total. The Morgan fingerprint density at radius 1 is 1.08 bits per heavy atom. The second-order valence-corrected chi connectivity index (χ2v) is 8.11. The number of fused-ring (bicyclic) bond motifs is 2. The van der Waals surface area contributed by atoms with Gasteiger partial charge in [0.15, 0.2) is 0 Å². The Morgan fingerprint density at radius 3 is 2.84 bits per heavy atom. The average molecular weight is 371 g/mol. The Morgan fingerprint density at radius 2 is 1.96 bits per heavy atom. The molecular weight excluding hydrogens is 352 g/mol. The number of piperidine rings is 1. The van der Waals surface area contributed by atoms with Gasteiger partial charge in [0.2, 0.25) is 0 Å². The number of likely N-dealkylation sites (tertiary alicyclic amines) is 1. The summed E-state index contributed by atoms with van der Waals surface area (Å²) in [6.45, 7) is 4.40. The zero-order chi connectivity index (χ0) is 16.8. The van der Waals surface area contributed by atoms with Gasteiger partial charge in [-0.2, -0.15) is 5.10 Å². The molecule has 3 aromatic rings. The van der Waals surface area contributed by atoms with Gasteiger partial charge < -0.3 is 4.90 Å². The van der Waals surface area contributed by atoms with Gasteiger partial charge in [-0.15, -0.1) is 0 Å². The molecule has 0 unspecified atom stereocenters. The molecule has 128 valence electrons. The molecule has 1 saturated heterocycles. The highest BCUT2D eigenvalue weighted by molar-refractivity contribution is 7.99. The van der Waals surface area contributed by atoms with Gasteiger partial charge in [0.25, 0.3) is 0 Å². The van der Waals surface area contributed by atoms with Crippen molar-refractivity contribution < 1.29 is 0 Å². The summed E-state index contributed by atoms with van der Waals surface area (Å²) in [6.07, 6.45) is 5.84. The van der Waals surface area contributed by atoms with Crippen molar-refractivity contribution in [2.24, 2.45) is 0 Å². The highest BCUT2D eigenvalue weighted by atomic mass is 35.5. The van der Waals surface area contributed by atoms with Gasteiger partial charge in [0.05, 0.1) is 17.1 Å². The van der Waals surface area contributed by atoms with Crippen LogP contribution < -0.4 is 0 Å². The van der Waals surface area contributed by atoms with Crippen molar-refractivity contribution >= 4 is 34.3 Å². The van der Waals surface area contributed by atoms with Crippen LogP contribution in [0.2, 0.25) is 5.02 Å². The zero-order valence-electron chi connectivity index (χ0n) is 13.9. The Balaban J connectivity index is 1.57. The highest BCUT2D eigenvalue weighted by Gasteiger charge is 2.26. The van der Waals surface area contributed by atoms with Crippen LogP contribution in [0.3, 0.4) is 0 Å². The number of aromatic nitrogens is 3. The monoisotopic (exact) mass is 370 g/mol. The molecule has 2 aliphatic rings. The molecule has 0 spiro atoms. The number of rotatable bonds is 3. The van der Waals surface area contributed by atoms with Crippen LogP contribution in [0, 0.1) is 0 Å². The van der Waals surface area contributed by atoms with Gasteiger partial charge in [-0.05, 0) is 50.2 Å². The van der Waals surface area contributed by atoms with Crippen molar-refractivity contribution in [1.29, 1.82) is 0 Å². The SMILES string of the molecule is Clc1ccc2c3c(nn2CCN2CCCCC2)-c2cccnc2Sc13. The van der Waals surface area contributed by atoms with E-state index in [1.54, 1.807) is 11.8 Å². The number of nitrogens with zero attached hydrogens (tertiary/aromatic N) is 4. The number of halogens is 1. The second-order valence-electron chi connectivity index (χ2n) is 6.70. The van der Waals surface area contributed by atoms with E-state index in [4.69, 9.17) is 16.7 Å². The molecule has 6 heteroatoms. The fraction of sp³-hybridized carbons (Fsp3) is 0.368. The first-order chi connectivity index (χ1) is 12.3. The van der Waals surface area contributed by atoms with Crippen molar-refractivity contribution in [3.05, 3.63) is 35.5 Å². The fourth-order valence-electron chi connectivity index (χ4n) is 3.84. The van der Waals surface area contributed by atoms with Gasteiger partial charge in [0.1, 0.15) is 10.7 Å². The normalized spacial score (nSPS) is 17.0. The van der Waals surface area contributed by atoms with Crippen molar-refractivity contribution in [3.8, 4) is 11.3 Å². The van der Waals surface area contributed by atoms with E-state index < -0.39 is 0 Å². The van der Waals surface area contributed by atoms with Crippen LogP contribution >= 0.6 is 23.4 Å². The predicted octanol–water partition coefficient (Wildman–Crippen LogP) is 4.70. The molecule has 2 aromatic heterocycles. The maximum Gasteiger partial charge on any atom is 0.110 e. The molecular formula is C19H19ClN4S. The molecule has 1 fully saturated rings. The van der Waals surface area contributed by atoms with E-state index in [9.17, 15) is 0 Å². The average Bonchev–Trinajstić information content (AvgIpc) is 3.03. The van der Waals surface area contributed by atoms with Crippen molar-refractivity contribution in [1.82, 2.24) is 19.7 Å². The van der Waals surface area contributed by atoms with E-state index in [0.29, 0.717) is 0 Å². The van der Waals surface area contributed by atoms with Gasteiger partial charge in [-0.3, -0.25) is 4.68 Å². The lowest BCUT2D eigenvalue weighted by Crippen LogP contribution is -2.32. The topological polar surface area (TPSA) is 34.0 Å². The molecule has 0 amide bonds. The van der Waals surface area contributed by atoms with Crippen LogP contribution in [-0.4, -0.2) is 39.3 Å². The van der Waals surface area contributed by atoms with Crippen molar-refractivity contribution in [3.63, 3.8) is 0 Å². The number of hydrogen-bond donors (Lipinski definition) is 0. The van der Waals surface area contributed by atoms with E-state index in [1.807, 2.05) is 18.3 Å². The molecule has 0 aliphatic carbocycles. The van der Waals surface area contributed by atoms with Crippen LogP contribution in [0.5, 0.6) is 0 Å². The second kappa shape index (κ2) is 6.31. The number of pyridine rings is 1. The summed E-state index contributed by atoms with van der Waals surface area (Å²) in [5.74, 6) is 0. The van der Waals surface area contributed by atoms with Gasteiger partial charge in [-0.25, -0.2) is 4.98 Å². The van der Waals surface area contributed by atoms with Crippen LogP contribution in [0.1, 0.15) is 19.3 Å².